The number of allylic oxidation sites excluding steroid dienone is 1. The minimum absolute atomic E-state index is 0.0159. The van der Waals surface area contributed by atoms with Crippen molar-refractivity contribution in [3.63, 3.8) is 0 Å². The zero-order chi connectivity index (χ0) is 31.0. The third-order valence-corrected chi connectivity index (χ3v) is 9.18. The van der Waals surface area contributed by atoms with Crippen molar-refractivity contribution in [2.45, 2.75) is 36.3 Å². The summed E-state index contributed by atoms with van der Waals surface area (Å²) in [4.78, 5) is 87.0. The van der Waals surface area contributed by atoms with Crippen LogP contribution in [0.5, 0.6) is 0 Å². The molecule has 0 bridgehead atoms. The van der Waals surface area contributed by atoms with E-state index in [0.29, 0.717) is 37.1 Å². The topological polar surface area (TPSA) is 230 Å². The van der Waals surface area contributed by atoms with E-state index < -0.39 is 34.9 Å². The minimum atomic E-state index is -1.36. The van der Waals surface area contributed by atoms with Crippen LogP contribution < -0.4 is 16.4 Å². The summed E-state index contributed by atoms with van der Waals surface area (Å²) < 4.78 is 3.87. The Hall–Kier alpha value is -4.36. The van der Waals surface area contributed by atoms with Crippen molar-refractivity contribution in [1.82, 2.24) is 34.7 Å². The molecule has 0 saturated carbocycles. The van der Waals surface area contributed by atoms with E-state index in [-0.39, 0.29) is 52.8 Å². The molecule has 1 aromatic rings. The average molecular weight is 634 g/mol. The van der Waals surface area contributed by atoms with Gasteiger partial charge in [-0.15, -0.1) is 11.8 Å². The summed E-state index contributed by atoms with van der Waals surface area (Å²) in [6.45, 7) is 0.885. The van der Waals surface area contributed by atoms with Gasteiger partial charge in [-0.25, -0.2) is 4.79 Å². The van der Waals surface area contributed by atoms with E-state index in [2.05, 4.69) is 30.0 Å². The van der Waals surface area contributed by atoms with Gasteiger partial charge in [0, 0.05) is 56.1 Å². The van der Waals surface area contributed by atoms with Gasteiger partial charge in [0.1, 0.15) is 17.1 Å². The van der Waals surface area contributed by atoms with Gasteiger partial charge in [0.25, 0.3) is 11.8 Å². The molecule has 0 radical (unpaired) electrons. The molecule has 4 atom stereocenters. The molecule has 3 saturated heterocycles. The van der Waals surface area contributed by atoms with Gasteiger partial charge in [-0.3, -0.25) is 28.9 Å². The molecule has 19 heteroatoms. The summed E-state index contributed by atoms with van der Waals surface area (Å²) in [6, 6.07) is -1.67. The Morgan fingerprint density at radius 1 is 1.30 bits per heavy atom. The number of anilines is 1. The number of aromatic nitrogens is 2. The zero-order valence-electron chi connectivity index (χ0n) is 22.9. The molecule has 3 fully saturated rings. The number of hydrogen-bond donors (Lipinski definition) is 4. The number of likely N-dealkylation sites (tertiary alicyclic amines) is 1. The first-order valence-corrected chi connectivity index (χ1v) is 14.8. The lowest BCUT2D eigenvalue weighted by Crippen LogP contribution is -2.71. The monoisotopic (exact) mass is 633 g/mol. The van der Waals surface area contributed by atoms with Crippen LogP contribution in [0.15, 0.2) is 28.1 Å². The van der Waals surface area contributed by atoms with Gasteiger partial charge in [0.15, 0.2) is 5.13 Å². The number of nitrogens with one attached hydrogen (secondary N) is 2. The van der Waals surface area contributed by atoms with Crippen LogP contribution in [0.25, 0.3) is 0 Å². The standard InChI is InChI=1S/C24H27N9O8S2/c1-31(2)20(37)13-6-12(7-26-13)32-4-3-10(19(32)36)5-11-8-42-22-15(21(38)33(22)16(11)23(39)40)27-18(35)14(29-41-9-34)17-28-24(25)43-30-17/h5,9,12-13,15,22,26H,3-4,6-8H2,1-2H3,(H,27,35)(H,39,40)(H2,25,28,30)/b10-5+,29-14-/t12-,13-,15+,22+/m0/s1. The fraction of sp³-hybridized carbons (Fsp3) is 0.458. The van der Waals surface area contributed by atoms with Crippen LogP contribution in [0.1, 0.15) is 18.7 Å². The average Bonchev–Trinajstić information content (AvgIpc) is 3.71. The lowest BCUT2D eigenvalue weighted by atomic mass is 10.0. The molecular weight excluding hydrogens is 606 g/mol. The number of oxime groups is 1. The summed E-state index contributed by atoms with van der Waals surface area (Å²) in [5.74, 6) is -3.34. The molecule has 5 heterocycles. The number of carboxylic acids is 1. The number of thioether (sulfide) groups is 1. The number of likely N-dealkylation sites (N-methyl/N-ethyl adjacent to an activating group) is 1. The summed E-state index contributed by atoms with van der Waals surface area (Å²) in [6.07, 6.45) is 2.39. The quantitative estimate of drug-likeness (QED) is 0.0561. The molecule has 0 aliphatic carbocycles. The number of carbonyl (C=O) groups excluding carboxylic acids is 5. The summed E-state index contributed by atoms with van der Waals surface area (Å²) in [5, 5.41) is 18.3. The van der Waals surface area contributed by atoms with E-state index >= 15 is 0 Å². The fourth-order valence-corrected chi connectivity index (χ4v) is 7.07. The van der Waals surface area contributed by atoms with Gasteiger partial charge in [-0.2, -0.15) is 9.36 Å². The molecule has 1 aromatic heterocycles. The summed E-state index contributed by atoms with van der Waals surface area (Å²) >= 11 is 1.99. The molecule has 43 heavy (non-hydrogen) atoms. The largest absolute Gasteiger partial charge is 0.477 e. The Morgan fingerprint density at radius 3 is 2.72 bits per heavy atom. The molecule has 4 amide bonds. The SMILES string of the molecule is CN(C)C(=O)[C@@H]1C[C@H](N2CC/C(=C\C3=C(C(=O)O)N4C(=O)[C@@H](NC(=O)/C(=N\OC=O)c5nsc(N)n5)[C@H]4SC3)C2=O)CN1. The second-order valence-corrected chi connectivity index (χ2v) is 12.0. The predicted molar refractivity (Wildman–Crippen MR) is 151 cm³/mol. The molecule has 4 aliphatic heterocycles. The van der Waals surface area contributed by atoms with Crippen molar-refractivity contribution >= 4 is 70.2 Å². The second kappa shape index (κ2) is 12.1. The number of nitrogens with zero attached hydrogens (tertiary/aromatic N) is 6. The van der Waals surface area contributed by atoms with Gasteiger partial charge in [0.2, 0.25) is 23.4 Å². The Balaban J connectivity index is 1.30. The number of nitrogen functional groups attached to an aromatic ring is 1. The number of rotatable bonds is 9. The molecule has 228 valence electrons. The number of nitrogens with two attached hydrogens (primary N) is 1. The molecule has 4 aliphatic rings. The van der Waals surface area contributed by atoms with Crippen molar-refractivity contribution < 1.29 is 38.7 Å². The highest BCUT2D eigenvalue weighted by molar-refractivity contribution is 8.00. The second-order valence-electron chi connectivity index (χ2n) is 10.1. The number of amides is 4. The number of carbonyl (C=O) groups is 6. The van der Waals surface area contributed by atoms with Gasteiger partial charge < -0.3 is 36.1 Å². The Bertz CT molecular complexity index is 1490. The third-order valence-electron chi connectivity index (χ3n) is 7.34. The minimum Gasteiger partial charge on any atom is -0.477 e. The van der Waals surface area contributed by atoms with Crippen LogP contribution in [0.2, 0.25) is 0 Å². The first-order chi connectivity index (χ1) is 20.5. The highest BCUT2D eigenvalue weighted by Gasteiger charge is 2.54. The molecule has 0 spiro atoms. The Morgan fingerprint density at radius 2 is 2.07 bits per heavy atom. The van der Waals surface area contributed by atoms with E-state index in [1.54, 1.807) is 19.0 Å². The van der Waals surface area contributed by atoms with Gasteiger partial charge in [0.05, 0.1) is 6.04 Å². The van der Waals surface area contributed by atoms with Crippen molar-refractivity contribution in [3.05, 3.63) is 28.7 Å². The van der Waals surface area contributed by atoms with E-state index in [0.717, 1.165) is 16.4 Å². The third kappa shape index (κ3) is 5.69. The van der Waals surface area contributed by atoms with E-state index in [1.807, 2.05) is 0 Å². The van der Waals surface area contributed by atoms with Crippen LogP contribution in [-0.2, 0) is 33.6 Å². The molecule has 0 aromatic carbocycles. The van der Waals surface area contributed by atoms with Gasteiger partial charge >= 0.3 is 12.4 Å². The Labute approximate surface area is 252 Å². The van der Waals surface area contributed by atoms with Gasteiger partial charge in [-0.1, -0.05) is 5.16 Å². The lowest BCUT2D eigenvalue weighted by molar-refractivity contribution is -0.150. The van der Waals surface area contributed by atoms with Crippen LogP contribution in [0.4, 0.5) is 5.13 Å². The summed E-state index contributed by atoms with van der Waals surface area (Å²) in [5.41, 5.74) is 5.50. The van der Waals surface area contributed by atoms with E-state index in [9.17, 15) is 33.9 Å². The number of hydrogen-bond acceptors (Lipinski definition) is 14. The van der Waals surface area contributed by atoms with Crippen LogP contribution >= 0.6 is 23.3 Å². The molecule has 0 unspecified atom stereocenters. The number of fused-ring (bicyclic) bond motifs is 1. The maximum atomic E-state index is 13.3. The van der Waals surface area contributed by atoms with Crippen molar-refractivity contribution in [2.24, 2.45) is 5.16 Å². The molecule has 5 rings (SSSR count). The van der Waals surface area contributed by atoms with Crippen LogP contribution in [0, 0.1) is 0 Å². The zero-order valence-corrected chi connectivity index (χ0v) is 24.5. The lowest BCUT2D eigenvalue weighted by Gasteiger charge is -2.49. The fourth-order valence-electron chi connectivity index (χ4n) is 5.33. The Kier molecular flexibility index (Phi) is 8.47. The van der Waals surface area contributed by atoms with E-state index in [1.165, 1.54) is 22.7 Å². The first kappa shape index (κ1) is 30.1. The maximum absolute atomic E-state index is 13.3. The van der Waals surface area contributed by atoms with Crippen LogP contribution in [-0.4, -0.2) is 127 Å². The molecule has 5 N–H and O–H groups in total. The first-order valence-electron chi connectivity index (χ1n) is 13.0. The number of carboxylic acid groups (broad SMARTS) is 1. The van der Waals surface area contributed by atoms with Gasteiger partial charge in [-0.05, 0) is 24.5 Å². The molecular formula is C24H27N9O8S2. The number of aliphatic carboxylic acids is 1. The smallest absolute Gasteiger partial charge is 0.352 e. The summed E-state index contributed by atoms with van der Waals surface area (Å²) in [7, 11) is 3.34. The number of β-lactam (4-membered cyclic amide) rings is 1. The van der Waals surface area contributed by atoms with E-state index in [4.69, 9.17) is 5.73 Å². The van der Waals surface area contributed by atoms with Crippen LogP contribution in [0.3, 0.4) is 0 Å². The maximum Gasteiger partial charge on any atom is 0.352 e. The normalized spacial score (nSPS) is 26.4. The molecule has 17 nitrogen and oxygen atoms in total. The van der Waals surface area contributed by atoms with Crippen molar-refractivity contribution in [1.29, 1.82) is 0 Å². The van der Waals surface area contributed by atoms with Crippen molar-refractivity contribution in [3.8, 4) is 0 Å². The highest BCUT2D eigenvalue weighted by atomic mass is 32.2. The predicted octanol–water partition coefficient (Wildman–Crippen LogP) is -2.29. The highest BCUT2D eigenvalue weighted by Crippen LogP contribution is 2.41. The van der Waals surface area contributed by atoms with Crippen molar-refractivity contribution in [2.75, 3.05) is 38.7 Å².